The molecule has 0 atom stereocenters. The Hall–Kier alpha value is -3.32. The number of nitrogens with zero attached hydrogens (tertiary/aromatic N) is 1. The van der Waals surface area contributed by atoms with E-state index in [4.69, 9.17) is 21.1 Å². The molecule has 0 radical (unpaired) electrons. The number of methoxy groups -OCH3 is 1. The molecule has 2 aromatic rings. The SMILES string of the molecule is CCCCOc1ccc(C=C2C(=O)NC(=O)N(c3cccc(Cl)c3)C2=O)cc1OC. The van der Waals surface area contributed by atoms with Crippen LogP contribution in [0.1, 0.15) is 25.3 Å². The Morgan fingerprint density at radius 1 is 1.10 bits per heavy atom. The van der Waals surface area contributed by atoms with Crippen molar-refractivity contribution in [2.24, 2.45) is 0 Å². The summed E-state index contributed by atoms with van der Waals surface area (Å²) in [7, 11) is 1.51. The fraction of sp³-hybridized carbons (Fsp3) is 0.227. The van der Waals surface area contributed by atoms with Gasteiger partial charge in [0.05, 0.1) is 19.4 Å². The highest BCUT2D eigenvalue weighted by Gasteiger charge is 2.36. The Labute approximate surface area is 179 Å². The van der Waals surface area contributed by atoms with Crippen molar-refractivity contribution < 1.29 is 23.9 Å². The number of hydrogen-bond donors (Lipinski definition) is 1. The van der Waals surface area contributed by atoms with Gasteiger partial charge < -0.3 is 9.47 Å². The van der Waals surface area contributed by atoms with Crippen LogP contribution >= 0.6 is 11.6 Å². The Morgan fingerprint density at radius 2 is 1.90 bits per heavy atom. The molecular weight excluding hydrogens is 408 g/mol. The lowest BCUT2D eigenvalue weighted by Crippen LogP contribution is -2.54. The quantitative estimate of drug-likeness (QED) is 0.406. The van der Waals surface area contributed by atoms with Gasteiger partial charge in [0.1, 0.15) is 5.57 Å². The minimum absolute atomic E-state index is 0.184. The van der Waals surface area contributed by atoms with E-state index in [-0.39, 0.29) is 11.3 Å². The number of benzene rings is 2. The zero-order valence-corrected chi connectivity index (χ0v) is 17.4. The number of carbonyl (C=O) groups excluding carboxylic acids is 3. The molecule has 3 rings (SSSR count). The molecule has 1 aliphatic rings. The first-order valence-corrected chi connectivity index (χ1v) is 9.80. The highest BCUT2D eigenvalue weighted by atomic mass is 35.5. The van der Waals surface area contributed by atoms with Gasteiger partial charge in [-0.1, -0.05) is 37.1 Å². The van der Waals surface area contributed by atoms with E-state index >= 15 is 0 Å². The molecule has 7 nitrogen and oxygen atoms in total. The third-order valence-electron chi connectivity index (χ3n) is 4.42. The van der Waals surface area contributed by atoms with Crippen molar-refractivity contribution in [3.8, 4) is 11.5 Å². The van der Waals surface area contributed by atoms with Gasteiger partial charge in [0, 0.05) is 5.02 Å². The number of rotatable bonds is 7. The van der Waals surface area contributed by atoms with Gasteiger partial charge in [0.2, 0.25) is 0 Å². The van der Waals surface area contributed by atoms with Crippen LogP contribution in [-0.4, -0.2) is 31.6 Å². The number of halogens is 1. The molecule has 0 bridgehead atoms. The minimum Gasteiger partial charge on any atom is -0.493 e. The number of urea groups is 1. The van der Waals surface area contributed by atoms with Crippen LogP contribution in [0, 0.1) is 0 Å². The van der Waals surface area contributed by atoms with Crippen LogP contribution in [0.2, 0.25) is 5.02 Å². The van der Waals surface area contributed by atoms with Crippen molar-refractivity contribution in [1.82, 2.24) is 5.32 Å². The Morgan fingerprint density at radius 3 is 2.60 bits per heavy atom. The maximum Gasteiger partial charge on any atom is 0.335 e. The van der Waals surface area contributed by atoms with E-state index in [2.05, 4.69) is 12.2 Å². The van der Waals surface area contributed by atoms with E-state index in [0.29, 0.717) is 28.7 Å². The number of nitrogens with one attached hydrogen (secondary N) is 1. The molecule has 2 aromatic carbocycles. The van der Waals surface area contributed by atoms with Crippen LogP contribution in [0.25, 0.3) is 6.08 Å². The first kappa shape index (κ1) is 21.4. The fourth-order valence-corrected chi connectivity index (χ4v) is 3.08. The summed E-state index contributed by atoms with van der Waals surface area (Å²) in [6.45, 7) is 2.63. The number of imide groups is 2. The lowest BCUT2D eigenvalue weighted by atomic mass is 10.1. The third-order valence-corrected chi connectivity index (χ3v) is 4.66. The Kier molecular flexibility index (Phi) is 6.74. The van der Waals surface area contributed by atoms with E-state index in [1.807, 2.05) is 0 Å². The Bertz CT molecular complexity index is 1020. The largest absolute Gasteiger partial charge is 0.493 e. The molecule has 30 heavy (non-hydrogen) atoms. The summed E-state index contributed by atoms with van der Waals surface area (Å²) in [6.07, 6.45) is 3.32. The monoisotopic (exact) mass is 428 g/mol. The normalized spacial score (nSPS) is 15.4. The van der Waals surface area contributed by atoms with Crippen LogP contribution < -0.4 is 19.7 Å². The first-order chi connectivity index (χ1) is 14.4. The molecule has 1 saturated heterocycles. The summed E-state index contributed by atoms with van der Waals surface area (Å²) in [5.74, 6) is -0.464. The second kappa shape index (κ2) is 9.45. The second-order valence-corrected chi connectivity index (χ2v) is 6.99. The molecule has 1 fully saturated rings. The molecule has 8 heteroatoms. The van der Waals surface area contributed by atoms with Crippen molar-refractivity contribution in [3.05, 3.63) is 58.6 Å². The molecule has 156 valence electrons. The molecule has 0 aliphatic carbocycles. The highest BCUT2D eigenvalue weighted by Crippen LogP contribution is 2.30. The number of amides is 4. The highest BCUT2D eigenvalue weighted by molar-refractivity contribution is 6.39. The third kappa shape index (κ3) is 4.63. The predicted molar refractivity (Wildman–Crippen MR) is 114 cm³/mol. The van der Waals surface area contributed by atoms with Gasteiger partial charge in [-0.2, -0.15) is 0 Å². The summed E-state index contributed by atoms with van der Waals surface area (Å²) >= 11 is 5.97. The van der Waals surface area contributed by atoms with E-state index in [9.17, 15) is 14.4 Å². The van der Waals surface area contributed by atoms with Crippen LogP contribution in [0.3, 0.4) is 0 Å². The van der Waals surface area contributed by atoms with Crippen LogP contribution in [-0.2, 0) is 9.59 Å². The molecule has 4 amide bonds. The van der Waals surface area contributed by atoms with Crippen molar-refractivity contribution >= 4 is 41.2 Å². The van der Waals surface area contributed by atoms with E-state index < -0.39 is 17.8 Å². The van der Waals surface area contributed by atoms with Gasteiger partial charge in [-0.15, -0.1) is 0 Å². The number of anilines is 1. The minimum atomic E-state index is -0.832. The predicted octanol–water partition coefficient (Wildman–Crippen LogP) is 4.19. The molecule has 0 saturated carbocycles. The van der Waals surface area contributed by atoms with E-state index in [1.54, 1.807) is 36.4 Å². The van der Waals surface area contributed by atoms with Gasteiger partial charge in [-0.25, -0.2) is 9.69 Å². The van der Waals surface area contributed by atoms with Gasteiger partial charge in [-0.3, -0.25) is 14.9 Å². The topological polar surface area (TPSA) is 84.9 Å². The molecule has 0 aromatic heterocycles. The van der Waals surface area contributed by atoms with Gasteiger partial charge >= 0.3 is 6.03 Å². The maximum absolute atomic E-state index is 12.9. The molecule has 1 heterocycles. The van der Waals surface area contributed by atoms with E-state index in [0.717, 1.165) is 17.7 Å². The van der Waals surface area contributed by atoms with Gasteiger partial charge in [0.15, 0.2) is 11.5 Å². The van der Waals surface area contributed by atoms with Crippen LogP contribution in [0.5, 0.6) is 11.5 Å². The summed E-state index contributed by atoms with van der Waals surface area (Å²) in [5, 5.41) is 2.54. The zero-order chi connectivity index (χ0) is 21.7. The van der Waals surface area contributed by atoms with Crippen molar-refractivity contribution in [2.75, 3.05) is 18.6 Å². The summed E-state index contributed by atoms with van der Waals surface area (Å²) in [5.41, 5.74) is 0.630. The van der Waals surface area contributed by atoms with Gasteiger partial charge in [0.25, 0.3) is 11.8 Å². The maximum atomic E-state index is 12.9. The smallest absolute Gasteiger partial charge is 0.335 e. The van der Waals surface area contributed by atoms with Crippen molar-refractivity contribution in [3.63, 3.8) is 0 Å². The molecular formula is C22H21ClN2O5. The lowest BCUT2D eigenvalue weighted by Gasteiger charge is -2.26. The molecule has 0 unspecified atom stereocenters. The number of unbranched alkanes of at least 4 members (excludes halogenated alkanes) is 1. The van der Waals surface area contributed by atoms with Crippen LogP contribution in [0.15, 0.2) is 48.0 Å². The van der Waals surface area contributed by atoms with Crippen molar-refractivity contribution in [1.29, 1.82) is 0 Å². The molecule has 1 aliphatic heterocycles. The lowest BCUT2D eigenvalue weighted by molar-refractivity contribution is -0.122. The number of hydrogen-bond acceptors (Lipinski definition) is 5. The zero-order valence-electron chi connectivity index (χ0n) is 16.6. The number of barbiturate groups is 1. The fourth-order valence-electron chi connectivity index (χ4n) is 2.89. The van der Waals surface area contributed by atoms with E-state index in [1.165, 1.54) is 19.3 Å². The van der Waals surface area contributed by atoms with Gasteiger partial charge in [-0.05, 0) is 48.4 Å². The summed E-state index contributed by atoms with van der Waals surface area (Å²) in [4.78, 5) is 38.4. The molecule has 1 N–H and O–H groups in total. The first-order valence-electron chi connectivity index (χ1n) is 9.42. The average Bonchev–Trinajstić information content (AvgIpc) is 2.72. The van der Waals surface area contributed by atoms with Crippen molar-refractivity contribution in [2.45, 2.75) is 19.8 Å². The molecule has 0 spiro atoms. The summed E-state index contributed by atoms with van der Waals surface area (Å²) < 4.78 is 11.1. The number of carbonyl (C=O) groups is 3. The second-order valence-electron chi connectivity index (χ2n) is 6.55. The number of ether oxygens (including phenoxy) is 2. The Balaban J connectivity index is 1.92. The standard InChI is InChI=1S/C22H21ClN2O5/c1-3-4-10-30-18-9-8-14(12-19(18)29-2)11-17-20(26)24-22(28)25(21(17)27)16-7-5-6-15(23)13-16/h5-9,11-13H,3-4,10H2,1-2H3,(H,24,26,28). The average molecular weight is 429 g/mol. The van der Waals surface area contributed by atoms with Crippen LogP contribution in [0.4, 0.5) is 10.5 Å². The summed E-state index contributed by atoms with van der Waals surface area (Å²) in [6, 6.07) is 10.5.